The molecule has 0 N–H and O–H groups in total. The summed E-state index contributed by atoms with van der Waals surface area (Å²) < 4.78 is 15.1. The van der Waals surface area contributed by atoms with Gasteiger partial charge in [0.1, 0.15) is 17.1 Å². The monoisotopic (exact) mass is 333 g/mol. The SMILES string of the molecule is COC1=CC=C(n2c[n+](-c3ccc(OC)cc3)c3ccccc32)CC1. The molecule has 0 saturated carbocycles. The number of nitrogens with zero attached hydrogens (tertiary/aromatic N) is 2. The molecule has 3 aromatic rings. The molecule has 1 heterocycles. The van der Waals surface area contributed by atoms with E-state index in [0.29, 0.717) is 0 Å². The average Bonchev–Trinajstić information content (AvgIpc) is 3.08. The highest BCUT2D eigenvalue weighted by Gasteiger charge is 2.21. The molecule has 0 spiro atoms. The summed E-state index contributed by atoms with van der Waals surface area (Å²) in [4.78, 5) is 0. The third-order valence-electron chi connectivity index (χ3n) is 4.64. The zero-order valence-corrected chi connectivity index (χ0v) is 14.5. The van der Waals surface area contributed by atoms with E-state index in [0.717, 1.165) is 30.0 Å². The van der Waals surface area contributed by atoms with E-state index in [-0.39, 0.29) is 0 Å². The number of ether oxygens (including phenoxy) is 2. The van der Waals surface area contributed by atoms with Crippen molar-refractivity contribution in [2.75, 3.05) is 14.2 Å². The van der Waals surface area contributed by atoms with Crippen LogP contribution in [0.25, 0.3) is 22.4 Å². The van der Waals surface area contributed by atoms with Crippen molar-refractivity contribution < 1.29 is 14.0 Å². The lowest BCUT2D eigenvalue weighted by molar-refractivity contribution is -0.567. The molecule has 4 nitrogen and oxygen atoms in total. The van der Waals surface area contributed by atoms with Gasteiger partial charge in [-0.25, -0.2) is 0 Å². The molecular weight excluding hydrogens is 312 g/mol. The molecule has 0 aliphatic heterocycles. The van der Waals surface area contributed by atoms with Crippen LogP contribution in [0.1, 0.15) is 12.8 Å². The summed E-state index contributed by atoms with van der Waals surface area (Å²) in [6.45, 7) is 0. The topological polar surface area (TPSA) is 27.3 Å². The van der Waals surface area contributed by atoms with Crippen LogP contribution in [-0.2, 0) is 4.74 Å². The molecule has 0 amide bonds. The fourth-order valence-corrected chi connectivity index (χ4v) is 3.27. The Kier molecular flexibility index (Phi) is 4.02. The van der Waals surface area contributed by atoms with Gasteiger partial charge in [0, 0.05) is 12.8 Å². The predicted molar refractivity (Wildman–Crippen MR) is 98.6 cm³/mol. The van der Waals surface area contributed by atoms with Crippen molar-refractivity contribution in [3.05, 3.63) is 72.8 Å². The number of rotatable bonds is 4. The van der Waals surface area contributed by atoms with Crippen LogP contribution in [0.5, 0.6) is 5.75 Å². The van der Waals surface area contributed by atoms with Gasteiger partial charge in [0.2, 0.25) is 0 Å². The molecule has 126 valence electrons. The first-order chi connectivity index (χ1) is 12.3. The van der Waals surface area contributed by atoms with Gasteiger partial charge in [-0.1, -0.05) is 12.1 Å². The Bertz CT molecular complexity index is 965. The van der Waals surface area contributed by atoms with Gasteiger partial charge in [-0.05, 0) is 48.6 Å². The van der Waals surface area contributed by atoms with Gasteiger partial charge >= 0.3 is 0 Å². The average molecular weight is 333 g/mol. The molecule has 4 heteroatoms. The minimum absolute atomic E-state index is 0.861. The van der Waals surface area contributed by atoms with E-state index in [1.807, 2.05) is 12.1 Å². The van der Waals surface area contributed by atoms with E-state index in [4.69, 9.17) is 9.47 Å². The highest BCUT2D eigenvalue weighted by molar-refractivity contribution is 5.77. The highest BCUT2D eigenvalue weighted by Crippen LogP contribution is 2.26. The second-order valence-corrected chi connectivity index (χ2v) is 6.04. The zero-order chi connectivity index (χ0) is 17.2. The molecule has 25 heavy (non-hydrogen) atoms. The number of benzene rings is 2. The summed E-state index contributed by atoms with van der Waals surface area (Å²) in [7, 11) is 3.42. The van der Waals surface area contributed by atoms with Crippen molar-refractivity contribution in [3.63, 3.8) is 0 Å². The number of fused-ring (bicyclic) bond motifs is 1. The van der Waals surface area contributed by atoms with E-state index in [1.54, 1.807) is 14.2 Å². The number of para-hydroxylation sites is 2. The van der Waals surface area contributed by atoms with Crippen LogP contribution in [0.4, 0.5) is 0 Å². The molecule has 0 unspecified atom stereocenters. The highest BCUT2D eigenvalue weighted by atomic mass is 16.5. The molecule has 4 rings (SSSR count). The molecule has 1 aliphatic carbocycles. The van der Waals surface area contributed by atoms with E-state index in [1.165, 1.54) is 16.7 Å². The van der Waals surface area contributed by atoms with Crippen molar-refractivity contribution in [2.45, 2.75) is 12.8 Å². The summed E-state index contributed by atoms with van der Waals surface area (Å²) >= 11 is 0. The first-order valence-electron chi connectivity index (χ1n) is 8.40. The Labute approximate surface area is 147 Å². The summed E-state index contributed by atoms with van der Waals surface area (Å²) in [5, 5.41) is 0. The lowest BCUT2D eigenvalue weighted by Gasteiger charge is -2.11. The quantitative estimate of drug-likeness (QED) is 0.673. The van der Waals surface area contributed by atoms with Crippen molar-refractivity contribution in [1.29, 1.82) is 0 Å². The predicted octanol–water partition coefficient (Wildman–Crippen LogP) is 4.09. The number of methoxy groups -OCH3 is 2. The largest absolute Gasteiger partial charge is 0.501 e. The van der Waals surface area contributed by atoms with Crippen LogP contribution in [0.2, 0.25) is 0 Å². The number of hydrogen-bond donors (Lipinski definition) is 0. The van der Waals surface area contributed by atoms with Gasteiger partial charge in [0.25, 0.3) is 6.33 Å². The normalized spacial score (nSPS) is 14.2. The van der Waals surface area contributed by atoms with Gasteiger partial charge in [-0.15, -0.1) is 0 Å². The van der Waals surface area contributed by atoms with Gasteiger partial charge in [-0.3, -0.25) is 0 Å². The van der Waals surface area contributed by atoms with Gasteiger partial charge in [-0.2, -0.15) is 9.13 Å². The molecule has 1 aromatic heterocycles. The Morgan fingerprint density at radius 3 is 2.36 bits per heavy atom. The lowest BCUT2D eigenvalue weighted by atomic mass is 10.1. The van der Waals surface area contributed by atoms with Crippen LogP contribution in [0.15, 0.2) is 72.8 Å². The maximum atomic E-state index is 5.35. The minimum atomic E-state index is 0.861. The second-order valence-electron chi connectivity index (χ2n) is 6.04. The Morgan fingerprint density at radius 2 is 1.68 bits per heavy atom. The van der Waals surface area contributed by atoms with Crippen molar-refractivity contribution in [2.24, 2.45) is 0 Å². The molecule has 0 bridgehead atoms. The number of hydrogen-bond acceptors (Lipinski definition) is 2. The van der Waals surface area contributed by atoms with Crippen LogP contribution in [0, 0.1) is 0 Å². The summed E-state index contributed by atoms with van der Waals surface area (Å²) in [5.74, 6) is 1.89. The summed E-state index contributed by atoms with van der Waals surface area (Å²) in [6, 6.07) is 16.6. The Balaban J connectivity index is 1.84. The fraction of sp³-hybridized carbons (Fsp3) is 0.190. The van der Waals surface area contributed by atoms with Crippen molar-refractivity contribution in [1.82, 2.24) is 4.57 Å². The van der Waals surface area contributed by atoms with Crippen LogP contribution in [-0.4, -0.2) is 18.8 Å². The van der Waals surface area contributed by atoms with Crippen LogP contribution >= 0.6 is 0 Å². The Hall–Kier alpha value is -3.01. The first-order valence-corrected chi connectivity index (χ1v) is 8.40. The number of aromatic nitrogens is 2. The third kappa shape index (κ3) is 2.80. The molecular formula is C21H21N2O2+. The molecule has 2 aromatic carbocycles. The van der Waals surface area contributed by atoms with Crippen molar-refractivity contribution in [3.8, 4) is 11.4 Å². The van der Waals surface area contributed by atoms with E-state index in [2.05, 4.69) is 64.0 Å². The first kappa shape index (κ1) is 15.5. The molecule has 0 fully saturated rings. The van der Waals surface area contributed by atoms with Crippen LogP contribution in [0.3, 0.4) is 0 Å². The standard InChI is InChI=1S/C21H21N2O2/c1-24-18-11-7-16(8-12-18)22-15-23(21-6-4-3-5-20(21)22)17-9-13-19(25-2)14-10-17/h3-9,11-13,15H,10,14H2,1-2H3/q+1. The lowest BCUT2D eigenvalue weighted by Crippen LogP contribution is -2.28. The molecule has 0 saturated heterocycles. The van der Waals surface area contributed by atoms with Gasteiger partial charge in [0.15, 0.2) is 11.0 Å². The minimum Gasteiger partial charge on any atom is -0.501 e. The number of allylic oxidation sites excluding steroid dienone is 4. The fourth-order valence-electron chi connectivity index (χ4n) is 3.27. The second kappa shape index (κ2) is 6.48. The smallest absolute Gasteiger partial charge is 0.254 e. The van der Waals surface area contributed by atoms with E-state index in [9.17, 15) is 0 Å². The molecule has 1 aliphatic rings. The van der Waals surface area contributed by atoms with Gasteiger partial charge < -0.3 is 9.47 Å². The van der Waals surface area contributed by atoms with Crippen molar-refractivity contribution >= 4 is 16.7 Å². The van der Waals surface area contributed by atoms with Crippen LogP contribution < -0.4 is 9.30 Å². The third-order valence-corrected chi connectivity index (χ3v) is 4.64. The maximum absolute atomic E-state index is 5.35. The van der Waals surface area contributed by atoms with E-state index < -0.39 is 0 Å². The summed E-state index contributed by atoms with van der Waals surface area (Å²) in [5.41, 5.74) is 4.75. The Morgan fingerprint density at radius 1 is 0.880 bits per heavy atom. The summed E-state index contributed by atoms with van der Waals surface area (Å²) in [6.07, 6.45) is 8.25. The zero-order valence-electron chi connectivity index (χ0n) is 14.5. The number of imidazole rings is 1. The van der Waals surface area contributed by atoms with Gasteiger partial charge in [0.05, 0.1) is 20.0 Å². The maximum Gasteiger partial charge on any atom is 0.254 e. The molecule has 0 atom stereocenters. The molecule has 0 radical (unpaired) electrons. The van der Waals surface area contributed by atoms with E-state index >= 15 is 0 Å².